The SMILES string of the molecule is NC(=O)C(F)(F)C1(O)CN(C(=O)/C=C/c2ccccc2)C1. The molecular weight excluding hydrogens is 282 g/mol. The van der Waals surface area contributed by atoms with Crippen LogP contribution in [0.15, 0.2) is 36.4 Å². The maximum Gasteiger partial charge on any atom is 0.355 e. The molecule has 2 rings (SSSR count). The number of hydrogen-bond acceptors (Lipinski definition) is 3. The first kappa shape index (κ1) is 15.1. The van der Waals surface area contributed by atoms with Crippen LogP contribution in [0, 0.1) is 0 Å². The van der Waals surface area contributed by atoms with E-state index in [1.165, 1.54) is 12.2 Å². The zero-order chi connectivity index (χ0) is 15.7. The predicted octanol–water partition coefficient (Wildman–Crippen LogP) is 0.394. The third-order valence-corrected chi connectivity index (χ3v) is 3.33. The molecule has 2 amide bonds. The Labute approximate surface area is 119 Å². The van der Waals surface area contributed by atoms with Crippen LogP contribution in [0.3, 0.4) is 0 Å². The van der Waals surface area contributed by atoms with Crippen molar-refractivity contribution in [3.63, 3.8) is 0 Å². The third-order valence-electron chi connectivity index (χ3n) is 3.33. The van der Waals surface area contributed by atoms with E-state index in [0.29, 0.717) is 0 Å². The van der Waals surface area contributed by atoms with Crippen molar-refractivity contribution >= 4 is 17.9 Å². The second kappa shape index (κ2) is 5.25. The topological polar surface area (TPSA) is 83.6 Å². The standard InChI is InChI=1S/C14H14F2N2O3/c15-14(16,12(17)20)13(21)8-18(9-13)11(19)7-6-10-4-2-1-3-5-10/h1-7,21H,8-9H2,(H2,17,20)/b7-6+. The molecule has 0 spiro atoms. The molecule has 0 aromatic heterocycles. The average Bonchev–Trinajstić information content (AvgIpc) is 2.42. The van der Waals surface area contributed by atoms with Gasteiger partial charge in [0.05, 0.1) is 13.1 Å². The van der Waals surface area contributed by atoms with E-state index in [0.717, 1.165) is 10.5 Å². The number of alkyl halides is 2. The largest absolute Gasteiger partial charge is 0.379 e. The summed E-state index contributed by atoms with van der Waals surface area (Å²) in [5, 5.41) is 9.64. The maximum absolute atomic E-state index is 13.4. The van der Waals surface area contributed by atoms with Gasteiger partial charge in [-0.1, -0.05) is 30.3 Å². The van der Waals surface area contributed by atoms with Crippen LogP contribution < -0.4 is 5.73 Å². The number of rotatable bonds is 4. The highest BCUT2D eigenvalue weighted by atomic mass is 19.3. The molecule has 1 aromatic carbocycles. The molecular formula is C14H14F2N2O3. The van der Waals surface area contributed by atoms with Crippen LogP contribution >= 0.6 is 0 Å². The van der Waals surface area contributed by atoms with Gasteiger partial charge < -0.3 is 15.7 Å². The number of carbonyl (C=O) groups is 2. The first-order chi connectivity index (χ1) is 9.76. The summed E-state index contributed by atoms with van der Waals surface area (Å²) < 4.78 is 26.8. The first-order valence-corrected chi connectivity index (χ1v) is 6.18. The van der Waals surface area contributed by atoms with Crippen LogP contribution in [-0.2, 0) is 9.59 Å². The van der Waals surface area contributed by atoms with Gasteiger partial charge in [0.15, 0.2) is 5.60 Å². The van der Waals surface area contributed by atoms with Gasteiger partial charge in [0, 0.05) is 6.08 Å². The first-order valence-electron chi connectivity index (χ1n) is 6.18. The number of hydrogen-bond donors (Lipinski definition) is 2. The molecule has 3 N–H and O–H groups in total. The minimum atomic E-state index is -4.06. The summed E-state index contributed by atoms with van der Waals surface area (Å²) in [7, 11) is 0. The zero-order valence-corrected chi connectivity index (χ0v) is 11.0. The Kier molecular flexibility index (Phi) is 3.78. The molecule has 5 nitrogen and oxygen atoms in total. The van der Waals surface area contributed by atoms with E-state index in [9.17, 15) is 23.5 Å². The van der Waals surface area contributed by atoms with Gasteiger partial charge in [-0.15, -0.1) is 0 Å². The number of aliphatic hydroxyl groups is 1. The fourth-order valence-electron chi connectivity index (χ4n) is 2.01. The summed E-state index contributed by atoms with van der Waals surface area (Å²) in [4.78, 5) is 23.4. The van der Waals surface area contributed by atoms with Gasteiger partial charge in [0.1, 0.15) is 0 Å². The number of benzene rings is 1. The maximum atomic E-state index is 13.4. The molecule has 0 atom stereocenters. The van der Waals surface area contributed by atoms with Crippen LogP contribution in [0.1, 0.15) is 5.56 Å². The van der Waals surface area contributed by atoms with Gasteiger partial charge in [0.25, 0.3) is 5.91 Å². The Morgan fingerprint density at radius 3 is 2.38 bits per heavy atom. The smallest absolute Gasteiger partial charge is 0.355 e. The number of nitrogens with zero attached hydrogens (tertiary/aromatic N) is 1. The molecule has 0 radical (unpaired) electrons. The molecule has 1 aliphatic heterocycles. The lowest BCUT2D eigenvalue weighted by atomic mass is 9.86. The van der Waals surface area contributed by atoms with Crippen molar-refractivity contribution in [2.45, 2.75) is 11.5 Å². The Morgan fingerprint density at radius 2 is 1.86 bits per heavy atom. The van der Waals surface area contributed by atoms with Crippen LogP contribution in [0.5, 0.6) is 0 Å². The summed E-state index contributed by atoms with van der Waals surface area (Å²) in [5.41, 5.74) is 2.75. The van der Waals surface area contributed by atoms with Crippen LogP contribution in [0.25, 0.3) is 6.08 Å². The second-order valence-electron chi connectivity index (χ2n) is 4.91. The molecule has 112 valence electrons. The number of amides is 2. The Bertz CT molecular complexity index is 581. The number of nitrogens with two attached hydrogens (primary N) is 1. The van der Waals surface area contributed by atoms with Crippen molar-refractivity contribution in [1.82, 2.24) is 4.90 Å². The monoisotopic (exact) mass is 296 g/mol. The fraction of sp³-hybridized carbons (Fsp3) is 0.286. The van der Waals surface area contributed by atoms with Gasteiger partial charge in [-0.3, -0.25) is 9.59 Å². The summed E-state index contributed by atoms with van der Waals surface area (Å²) in [6.45, 7) is -1.28. The van der Waals surface area contributed by atoms with Crippen molar-refractivity contribution in [2.24, 2.45) is 5.73 Å². The van der Waals surface area contributed by atoms with Crippen LogP contribution in [-0.4, -0.2) is 46.4 Å². The van der Waals surface area contributed by atoms with E-state index < -0.39 is 36.4 Å². The van der Waals surface area contributed by atoms with Crippen LogP contribution in [0.4, 0.5) is 8.78 Å². The van der Waals surface area contributed by atoms with Gasteiger partial charge in [0.2, 0.25) is 5.91 Å². The third kappa shape index (κ3) is 2.78. The molecule has 7 heteroatoms. The molecule has 1 fully saturated rings. The van der Waals surface area contributed by atoms with E-state index in [-0.39, 0.29) is 0 Å². The summed E-state index contributed by atoms with van der Waals surface area (Å²) in [6, 6.07) is 8.95. The Balaban J connectivity index is 1.97. The van der Waals surface area contributed by atoms with Crippen molar-refractivity contribution < 1.29 is 23.5 Å². The van der Waals surface area contributed by atoms with Gasteiger partial charge in [-0.05, 0) is 11.6 Å². The number of primary amides is 1. The number of likely N-dealkylation sites (tertiary alicyclic amines) is 1. The Morgan fingerprint density at radius 1 is 1.29 bits per heavy atom. The molecule has 1 aliphatic rings. The highest BCUT2D eigenvalue weighted by molar-refractivity contribution is 5.93. The lowest BCUT2D eigenvalue weighted by Crippen LogP contribution is -2.74. The normalized spacial score (nSPS) is 17.6. The van der Waals surface area contributed by atoms with E-state index in [1.54, 1.807) is 24.3 Å². The number of carbonyl (C=O) groups excluding carboxylic acids is 2. The van der Waals surface area contributed by atoms with E-state index in [2.05, 4.69) is 5.73 Å². The van der Waals surface area contributed by atoms with Crippen LogP contribution in [0.2, 0.25) is 0 Å². The number of halogens is 2. The average molecular weight is 296 g/mol. The summed E-state index contributed by atoms with van der Waals surface area (Å²) in [6.07, 6.45) is 2.75. The molecule has 1 saturated heterocycles. The minimum absolute atomic E-state index is 0.524. The van der Waals surface area contributed by atoms with Crippen molar-refractivity contribution in [1.29, 1.82) is 0 Å². The van der Waals surface area contributed by atoms with E-state index >= 15 is 0 Å². The highest BCUT2D eigenvalue weighted by Crippen LogP contribution is 2.36. The zero-order valence-electron chi connectivity index (χ0n) is 11.0. The quantitative estimate of drug-likeness (QED) is 0.789. The lowest BCUT2D eigenvalue weighted by Gasteiger charge is -2.48. The van der Waals surface area contributed by atoms with Crippen molar-refractivity contribution in [3.8, 4) is 0 Å². The lowest BCUT2D eigenvalue weighted by molar-refractivity contribution is -0.230. The van der Waals surface area contributed by atoms with E-state index in [1.807, 2.05) is 6.07 Å². The highest BCUT2D eigenvalue weighted by Gasteiger charge is 2.64. The second-order valence-corrected chi connectivity index (χ2v) is 4.91. The molecule has 1 aromatic rings. The predicted molar refractivity (Wildman–Crippen MR) is 71.1 cm³/mol. The van der Waals surface area contributed by atoms with Gasteiger partial charge in [-0.2, -0.15) is 8.78 Å². The summed E-state index contributed by atoms with van der Waals surface area (Å²) >= 11 is 0. The van der Waals surface area contributed by atoms with Gasteiger partial charge in [-0.25, -0.2) is 0 Å². The minimum Gasteiger partial charge on any atom is -0.379 e. The molecule has 0 saturated carbocycles. The molecule has 0 unspecified atom stereocenters. The molecule has 0 bridgehead atoms. The fourth-order valence-corrected chi connectivity index (χ4v) is 2.01. The Hall–Kier alpha value is -2.28. The molecule has 1 heterocycles. The number of β-amino-alcohol motifs (C(OH)–C–C–N with tert-alkyl or cyclic N) is 1. The van der Waals surface area contributed by atoms with Crippen molar-refractivity contribution in [3.05, 3.63) is 42.0 Å². The molecule has 21 heavy (non-hydrogen) atoms. The van der Waals surface area contributed by atoms with Crippen molar-refractivity contribution in [2.75, 3.05) is 13.1 Å². The summed E-state index contributed by atoms with van der Waals surface area (Å²) in [5.74, 6) is -6.49. The van der Waals surface area contributed by atoms with E-state index in [4.69, 9.17) is 0 Å². The molecule has 0 aliphatic carbocycles. The van der Waals surface area contributed by atoms with Gasteiger partial charge >= 0.3 is 5.92 Å².